The molecular weight excluding hydrogens is 230 g/mol. The number of likely N-dealkylation sites (tertiary alicyclic amines) is 1. The normalized spacial score (nSPS) is 20.9. The Hall–Kier alpha value is -1.52. The third-order valence-electron chi connectivity index (χ3n) is 3.02. The van der Waals surface area contributed by atoms with Crippen molar-refractivity contribution in [2.75, 3.05) is 20.6 Å². The lowest BCUT2D eigenvalue weighted by molar-refractivity contribution is -0.152. The number of aliphatic imine (C=N–C) groups is 2. The van der Waals surface area contributed by atoms with Crippen LogP contribution in [0.25, 0.3) is 0 Å². The first-order valence-electron chi connectivity index (χ1n) is 6.10. The first-order valence-corrected chi connectivity index (χ1v) is 6.10. The third-order valence-corrected chi connectivity index (χ3v) is 3.02. The van der Waals surface area contributed by atoms with Crippen molar-refractivity contribution in [2.24, 2.45) is 15.4 Å². The maximum Gasteiger partial charge on any atom is 0.229 e. The van der Waals surface area contributed by atoms with Crippen LogP contribution in [0.5, 0.6) is 0 Å². The molecule has 0 aromatic carbocycles. The van der Waals surface area contributed by atoms with E-state index >= 15 is 0 Å². The van der Waals surface area contributed by atoms with Crippen molar-refractivity contribution < 1.29 is 9.59 Å². The Morgan fingerprint density at radius 3 is 2.28 bits per heavy atom. The van der Waals surface area contributed by atoms with E-state index in [2.05, 4.69) is 9.98 Å². The largest absolute Gasteiger partial charge is 0.295 e. The van der Waals surface area contributed by atoms with Crippen LogP contribution in [0.15, 0.2) is 9.98 Å². The van der Waals surface area contributed by atoms with E-state index in [1.165, 1.54) is 4.90 Å². The molecule has 5 heteroatoms. The van der Waals surface area contributed by atoms with E-state index in [0.717, 1.165) is 5.71 Å². The minimum Gasteiger partial charge on any atom is -0.295 e. The molecule has 2 amide bonds. The second kappa shape index (κ2) is 5.89. The number of carbonyl (C=O) groups is 2. The van der Waals surface area contributed by atoms with E-state index in [-0.39, 0.29) is 17.2 Å². The van der Waals surface area contributed by atoms with E-state index in [1.54, 1.807) is 20.3 Å². The van der Waals surface area contributed by atoms with Crippen molar-refractivity contribution in [2.45, 2.75) is 33.1 Å². The summed E-state index contributed by atoms with van der Waals surface area (Å²) in [6, 6.07) is 0. The first-order chi connectivity index (χ1) is 8.39. The third kappa shape index (κ3) is 3.75. The van der Waals surface area contributed by atoms with Gasteiger partial charge in [0.15, 0.2) is 0 Å². The van der Waals surface area contributed by atoms with Crippen LogP contribution >= 0.6 is 0 Å². The molecule has 0 atom stereocenters. The van der Waals surface area contributed by atoms with E-state index in [0.29, 0.717) is 25.8 Å². The van der Waals surface area contributed by atoms with Crippen LogP contribution in [0.1, 0.15) is 33.1 Å². The number of hydrogen-bond acceptors (Lipinski definition) is 4. The highest BCUT2D eigenvalue weighted by molar-refractivity contribution is 6.30. The van der Waals surface area contributed by atoms with Gasteiger partial charge in [-0.2, -0.15) is 0 Å². The Labute approximate surface area is 108 Å². The molecule has 0 saturated carbocycles. The van der Waals surface area contributed by atoms with Crippen molar-refractivity contribution in [3.63, 3.8) is 0 Å². The molecule has 1 aliphatic heterocycles. The highest BCUT2D eigenvalue weighted by Crippen LogP contribution is 2.31. The SMILES string of the molecule is CN=CC(CCN1C(=O)CC(C)(C)CC1=O)=NC. The van der Waals surface area contributed by atoms with Crippen LogP contribution in [0.3, 0.4) is 0 Å². The monoisotopic (exact) mass is 251 g/mol. The molecule has 1 saturated heterocycles. The molecule has 0 aromatic heterocycles. The van der Waals surface area contributed by atoms with Crippen LogP contribution in [0, 0.1) is 5.41 Å². The zero-order valence-corrected chi connectivity index (χ0v) is 11.6. The van der Waals surface area contributed by atoms with Crippen molar-refractivity contribution in [1.29, 1.82) is 0 Å². The zero-order valence-electron chi connectivity index (χ0n) is 11.6. The van der Waals surface area contributed by atoms with Gasteiger partial charge in [-0.15, -0.1) is 0 Å². The lowest BCUT2D eigenvalue weighted by Crippen LogP contribution is -2.46. The fraction of sp³-hybridized carbons (Fsp3) is 0.692. The minimum atomic E-state index is -0.211. The Morgan fingerprint density at radius 2 is 1.83 bits per heavy atom. The summed E-state index contributed by atoms with van der Waals surface area (Å²) in [7, 11) is 3.35. The number of hydrogen-bond donors (Lipinski definition) is 0. The van der Waals surface area contributed by atoms with Crippen LogP contribution in [-0.4, -0.2) is 49.3 Å². The van der Waals surface area contributed by atoms with Crippen LogP contribution in [0.2, 0.25) is 0 Å². The summed E-state index contributed by atoms with van der Waals surface area (Å²) in [5.41, 5.74) is 0.583. The van der Waals surface area contributed by atoms with Gasteiger partial charge in [-0.1, -0.05) is 13.8 Å². The molecule has 0 N–H and O–H groups in total. The molecular formula is C13H21N3O2. The Morgan fingerprint density at radius 1 is 1.28 bits per heavy atom. The predicted molar refractivity (Wildman–Crippen MR) is 72.1 cm³/mol. The summed E-state index contributed by atoms with van der Waals surface area (Å²) in [4.78, 5) is 33.1. The van der Waals surface area contributed by atoms with Gasteiger partial charge in [0.25, 0.3) is 0 Å². The van der Waals surface area contributed by atoms with E-state index in [1.807, 2.05) is 13.8 Å². The minimum absolute atomic E-state index is 0.0832. The second-order valence-electron chi connectivity index (χ2n) is 5.31. The zero-order chi connectivity index (χ0) is 13.8. The summed E-state index contributed by atoms with van der Waals surface area (Å²) in [5, 5.41) is 0. The highest BCUT2D eigenvalue weighted by Gasteiger charge is 2.36. The molecule has 1 heterocycles. The maximum atomic E-state index is 11.9. The lowest BCUT2D eigenvalue weighted by atomic mass is 9.81. The number of carbonyl (C=O) groups excluding carboxylic acids is 2. The molecule has 0 aromatic rings. The van der Waals surface area contributed by atoms with Gasteiger partial charge in [-0.05, 0) is 5.41 Å². The topological polar surface area (TPSA) is 62.1 Å². The van der Waals surface area contributed by atoms with Crippen molar-refractivity contribution in [1.82, 2.24) is 4.90 Å². The molecule has 1 fully saturated rings. The first kappa shape index (κ1) is 14.5. The average molecular weight is 251 g/mol. The fourth-order valence-electron chi connectivity index (χ4n) is 2.07. The number of nitrogens with zero attached hydrogens (tertiary/aromatic N) is 3. The van der Waals surface area contributed by atoms with Crippen molar-refractivity contribution in [3.05, 3.63) is 0 Å². The Kier molecular flexibility index (Phi) is 4.76. The summed E-state index contributed by atoms with van der Waals surface area (Å²) < 4.78 is 0. The Balaban J connectivity index is 2.63. The molecule has 0 unspecified atom stereocenters. The van der Waals surface area contributed by atoms with E-state index in [4.69, 9.17) is 0 Å². The van der Waals surface area contributed by atoms with Crippen LogP contribution < -0.4 is 0 Å². The molecule has 1 aliphatic rings. The molecule has 5 nitrogen and oxygen atoms in total. The van der Waals surface area contributed by atoms with E-state index < -0.39 is 0 Å². The van der Waals surface area contributed by atoms with Gasteiger partial charge in [-0.3, -0.25) is 24.5 Å². The van der Waals surface area contributed by atoms with Crippen molar-refractivity contribution in [3.8, 4) is 0 Å². The van der Waals surface area contributed by atoms with Gasteiger partial charge in [0.05, 0.1) is 5.71 Å². The smallest absolute Gasteiger partial charge is 0.229 e. The summed E-state index contributed by atoms with van der Waals surface area (Å²) >= 11 is 0. The lowest BCUT2D eigenvalue weighted by Gasteiger charge is -2.34. The maximum absolute atomic E-state index is 11.9. The van der Waals surface area contributed by atoms with Gasteiger partial charge in [-0.25, -0.2) is 0 Å². The molecule has 1 rings (SSSR count). The summed E-state index contributed by atoms with van der Waals surface area (Å²) in [6.07, 6.45) is 3.08. The number of imide groups is 1. The highest BCUT2D eigenvalue weighted by atomic mass is 16.2. The molecule has 0 radical (unpaired) electrons. The fourth-order valence-corrected chi connectivity index (χ4v) is 2.07. The predicted octanol–water partition coefficient (Wildman–Crippen LogP) is 1.32. The molecule has 0 bridgehead atoms. The molecule has 0 aliphatic carbocycles. The standard InChI is InChI=1S/C13H21N3O2/c1-13(2)7-11(17)16(12(18)8-13)6-5-10(15-4)9-14-3/h9H,5-8H2,1-4H3. The molecule has 0 spiro atoms. The van der Waals surface area contributed by atoms with Crippen LogP contribution in [0.4, 0.5) is 0 Å². The van der Waals surface area contributed by atoms with Gasteiger partial charge >= 0.3 is 0 Å². The van der Waals surface area contributed by atoms with Gasteiger partial charge in [0, 0.05) is 46.1 Å². The number of rotatable bonds is 4. The van der Waals surface area contributed by atoms with Gasteiger partial charge < -0.3 is 0 Å². The van der Waals surface area contributed by atoms with Gasteiger partial charge in [0.2, 0.25) is 11.8 Å². The van der Waals surface area contributed by atoms with Gasteiger partial charge in [0.1, 0.15) is 0 Å². The Bertz CT molecular complexity index is 377. The quantitative estimate of drug-likeness (QED) is 0.559. The van der Waals surface area contributed by atoms with E-state index in [9.17, 15) is 9.59 Å². The summed E-state index contributed by atoms with van der Waals surface area (Å²) in [6.45, 7) is 4.29. The molecule has 18 heavy (non-hydrogen) atoms. The second-order valence-corrected chi connectivity index (χ2v) is 5.31. The summed E-state index contributed by atoms with van der Waals surface area (Å²) in [5.74, 6) is -0.166. The number of piperidine rings is 1. The molecule has 100 valence electrons. The van der Waals surface area contributed by atoms with Crippen molar-refractivity contribution >= 4 is 23.7 Å². The number of amides is 2. The average Bonchev–Trinajstić information content (AvgIpc) is 2.24. The van der Waals surface area contributed by atoms with Crippen LogP contribution in [-0.2, 0) is 9.59 Å².